The highest BCUT2D eigenvalue weighted by Gasteiger charge is 2.60. The quantitative estimate of drug-likeness (QED) is 0.214. The predicted octanol–water partition coefficient (Wildman–Crippen LogP) is 7.23. The number of hydrogen-bond acceptors (Lipinski definition) is 6. The topological polar surface area (TPSA) is 111 Å². The van der Waals surface area contributed by atoms with Crippen molar-refractivity contribution in [2.24, 2.45) is 5.41 Å². The lowest BCUT2D eigenvalue weighted by molar-refractivity contribution is -0.276. The van der Waals surface area contributed by atoms with Crippen LogP contribution in [-0.2, 0) is 4.79 Å². The number of benzene rings is 2. The van der Waals surface area contributed by atoms with Crippen LogP contribution >= 0.6 is 15.9 Å². The number of aromatic nitrogens is 2. The summed E-state index contributed by atoms with van der Waals surface area (Å²) in [4.78, 5) is 35.3. The van der Waals surface area contributed by atoms with E-state index in [4.69, 9.17) is 9.72 Å². The highest BCUT2D eigenvalue weighted by molar-refractivity contribution is 9.10. The van der Waals surface area contributed by atoms with E-state index in [-0.39, 0.29) is 37.9 Å². The number of carbonyl (C=O) groups excluding carboxylic acids is 1. The molecule has 3 saturated carbocycles. The second kappa shape index (κ2) is 11.1. The Balaban J connectivity index is 1.42. The van der Waals surface area contributed by atoms with Crippen molar-refractivity contribution in [1.29, 1.82) is 0 Å². The van der Waals surface area contributed by atoms with Crippen molar-refractivity contribution < 1.29 is 37.3 Å². The number of alkyl halides is 3. The summed E-state index contributed by atoms with van der Waals surface area (Å²) in [7, 11) is 0. The number of ether oxygens (including phenoxy) is 2. The van der Waals surface area contributed by atoms with Gasteiger partial charge in [-0.2, -0.15) is 0 Å². The number of nitrogens with zero attached hydrogens (tertiary/aromatic N) is 2. The number of carboxylic acid groups (broad SMARTS) is 1. The van der Waals surface area contributed by atoms with Crippen LogP contribution in [0.15, 0.2) is 71.3 Å². The molecule has 2 bridgehead atoms. The van der Waals surface area contributed by atoms with E-state index in [1.54, 1.807) is 0 Å². The average Bonchev–Trinajstić information content (AvgIpc) is 2.98. The number of pyridine rings is 2. The molecule has 0 aliphatic heterocycles. The highest BCUT2D eigenvalue weighted by atomic mass is 79.9. The molecule has 1 amide bonds. The van der Waals surface area contributed by atoms with Crippen LogP contribution < -0.4 is 14.8 Å². The maximum Gasteiger partial charge on any atom is 0.574 e. The molecule has 1 unspecified atom stereocenters. The highest BCUT2D eigenvalue weighted by Crippen LogP contribution is 2.54. The number of carbonyl (C=O) groups is 2. The van der Waals surface area contributed by atoms with Crippen molar-refractivity contribution in [3.05, 3.63) is 82.5 Å². The van der Waals surface area contributed by atoms with Gasteiger partial charge in [0.2, 0.25) is 0 Å². The van der Waals surface area contributed by atoms with Crippen LogP contribution in [0.3, 0.4) is 0 Å². The number of halogens is 4. The van der Waals surface area contributed by atoms with Crippen molar-refractivity contribution in [3.8, 4) is 22.9 Å². The van der Waals surface area contributed by atoms with Crippen LogP contribution in [0.1, 0.15) is 48.0 Å². The van der Waals surface area contributed by atoms with E-state index in [9.17, 15) is 27.9 Å². The molecule has 3 fully saturated rings. The van der Waals surface area contributed by atoms with Crippen LogP contribution in [-0.4, -0.2) is 45.0 Å². The lowest BCUT2D eigenvalue weighted by Crippen LogP contribution is -2.67. The summed E-state index contributed by atoms with van der Waals surface area (Å²) in [6.07, 6.45) is -3.81. The standard InChI is InChI=1S/C32H27BrF3N3O5/c1-18-25(21-16-20(33)9-10-22(21)38-26(18)19-6-3-2-4-7-19)27(40)39-31-13-11-30(12-14-31,29(41)42)17-24(31)43-23-8-5-15-37-28(23)44-32(34,35)36/h2-10,15-16,24H,11-14,17H2,1H3,(H,39,40)(H,41,42). The zero-order valence-corrected chi connectivity index (χ0v) is 25.0. The first-order valence-corrected chi connectivity index (χ1v) is 14.8. The Kier molecular flexibility index (Phi) is 7.51. The van der Waals surface area contributed by atoms with Crippen molar-refractivity contribution >= 4 is 38.7 Å². The van der Waals surface area contributed by atoms with Gasteiger partial charge in [0.05, 0.1) is 27.7 Å². The Hall–Kier alpha value is -4.19. The van der Waals surface area contributed by atoms with Gasteiger partial charge in [-0.1, -0.05) is 46.3 Å². The van der Waals surface area contributed by atoms with Gasteiger partial charge < -0.3 is 19.9 Å². The van der Waals surface area contributed by atoms with Gasteiger partial charge in [-0.05, 0) is 68.5 Å². The van der Waals surface area contributed by atoms with Gasteiger partial charge in [-0.3, -0.25) is 9.59 Å². The molecule has 0 saturated heterocycles. The number of rotatable bonds is 7. The monoisotopic (exact) mass is 669 g/mol. The minimum Gasteiger partial charge on any atom is -0.482 e. The summed E-state index contributed by atoms with van der Waals surface area (Å²) in [5, 5.41) is 13.9. The normalized spacial score (nSPS) is 22.9. The zero-order valence-electron chi connectivity index (χ0n) is 23.5. The number of hydrogen-bond donors (Lipinski definition) is 2. The fourth-order valence-corrected chi connectivity index (χ4v) is 6.87. The second-order valence-electron chi connectivity index (χ2n) is 11.3. The Labute approximate surface area is 258 Å². The third-order valence-electron chi connectivity index (χ3n) is 8.79. The molecule has 2 aromatic heterocycles. The summed E-state index contributed by atoms with van der Waals surface area (Å²) in [6, 6.07) is 17.6. The minimum absolute atomic E-state index is 0.0140. The van der Waals surface area contributed by atoms with Crippen LogP contribution in [0.4, 0.5) is 13.2 Å². The maximum atomic E-state index is 14.4. The lowest BCUT2D eigenvalue weighted by atomic mass is 9.55. The first-order valence-electron chi connectivity index (χ1n) is 14.0. The summed E-state index contributed by atoms with van der Waals surface area (Å²) in [5.74, 6) is -2.50. The molecular weight excluding hydrogens is 643 g/mol. The van der Waals surface area contributed by atoms with Gasteiger partial charge in [0.25, 0.3) is 11.8 Å². The third-order valence-corrected chi connectivity index (χ3v) is 9.28. The predicted molar refractivity (Wildman–Crippen MR) is 158 cm³/mol. The van der Waals surface area contributed by atoms with E-state index in [0.29, 0.717) is 27.7 Å². The van der Waals surface area contributed by atoms with Crippen LogP contribution in [0, 0.1) is 12.3 Å². The molecule has 1 atom stereocenters. The Morgan fingerprint density at radius 3 is 2.45 bits per heavy atom. The van der Waals surface area contributed by atoms with E-state index < -0.39 is 41.2 Å². The minimum atomic E-state index is -5.02. The van der Waals surface area contributed by atoms with Crippen molar-refractivity contribution in [2.45, 2.75) is 57.0 Å². The van der Waals surface area contributed by atoms with E-state index in [1.165, 1.54) is 12.1 Å². The summed E-state index contributed by atoms with van der Waals surface area (Å²) in [5.41, 5.74) is 0.917. The molecule has 2 aromatic carbocycles. The largest absolute Gasteiger partial charge is 0.574 e. The van der Waals surface area contributed by atoms with Gasteiger partial charge >= 0.3 is 12.3 Å². The number of amides is 1. The van der Waals surface area contributed by atoms with Crippen molar-refractivity contribution in [1.82, 2.24) is 15.3 Å². The fourth-order valence-electron chi connectivity index (χ4n) is 6.51. The van der Waals surface area contributed by atoms with E-state index in [0.717, 1.165) is 16.2 Å². The van der Waals surface area contributed by atoms with E-state index in [1.807, 2.05) is 55.5 Å². The molecule has 2 heterocycles. The molecule has 228 valence electrons. The molecule has 4 aromatic rings. The fraction of sp³-hybridized carbons (Fsp3) is 0.312. The first kappa shape index (κ1) is 29.9. The molecule has 44 heavy (non-hydrogen) atoms. The van der Waals surface area contributed by atoms with Gasteiger partial charge in [-0.25, -0.2) is 9.97 Å². The van der Waals surface area contributed by atoms with Gasteiger partial charge in [0, 0.05) is 28.0 Å². The number of aliphatic carboxylic acids is 1. The summed E-state index contributed by atoms with van der Waals surface area (Å²) < 4.78 is 50.4. The first-order chi connectivity index (χ1) is 20.9. The molecule has 7 rings (SSSR count). The lowest BCUT2D eigenvalue weighted by Gasteiger charge is -2.55. The van der Waals surface area contributed by atoms with Crippen LogP contribution in [0.25, 0.3) is 22.2 Å². The summed E-state index contributed by atoms with van der Waals surface area (Å²) >= 11 is 3.49. The molecule has 3 aliphatic rings. The van der Waals surface area contributed by atoms with Gasteiger partial charge in [0.15, 0.2) is 5.75 Å². The van der Waals surface area contributed by atoms with Gasteiger partial charge in [-0.15, -0.1) is 13.2 Å². The molecule has 0 spiro atoms. The maximum absolute atomic E-state index is 14.4. The Morgan fingerprint density at radius 2 is 1.77 bits per heavy atom. The summed E-state index contributed by atoms with van der Waals surface area (Å²) in [6.45, 7) is 1.82. The van der Waals surface area contributed by atoms with Crippen molar-refractivity contribution in [2.75, 3.05) is 0 Å². The zero-order chi connectivity index (χ0) is 31.3. The number of nitrogens with one attached hydrogen (secondary N) is 1. The third kappa shape index (κ3) is 5.47. The van der Waals surface area contributed by atoms with Crippen molar-refractivity contribution in [3.63, 3.8) is 0 Å². The molecular formula is C32H27BrF3N3O5. The smallest absolute Gasteiger partial charge is 0.482 e. The van der Waals surface area contributed by atoms with Crippen LogP contribution in [0.5, 0.6) is 11.6 Å². The Morgan fingerprint density at radius 1 is 1.05 bits per heavy atom. The van der Waals surface area contributed by atoms with Crippen LogP contribution in [0.2, 0.25) is 0 Å². The molecule has 0 radical (unpaired) electrons. The molecule has 8 nitrogen and oxygen atoms in total. The molecule has 3 aliphatic carbocycles. The number of carboxylic acids is 1. The molecule has 12 heteroatoms. The van der Waals surface area contributed by atoms with Gasteiger partial charge in [0.1, 0.15) is 6.10 Å². The van der Waals surface area contributed by atoms with E-state index >= 15 is 0 Å². The SMILES string of the molecule is Cc1c(-c2ccccc2)nc2ccc(Br)cc2c1C(=O)NC12CCC(C(=O)O)(CC1)CC2Oc1cccnc1OC(F)(F)F. The Bertz CT molecular complexity index is 1760. The average molecular weight is 670 g/mol. The number of fused-ring (bicyclic) bond motifs is 4. The van der Waals surface area contributed by atoms with E-state index in [2.05, 4.69) is 31.0 Å². The second-order valence-corrected chi connectivity index (χ2v) is 12.3. The molecule has 2 N–H and O–H groups in total.